The summed E-state index contributed by atoms with van der Waals surface area (Å²) >= 11 is 1.83. The predicted molar refractivity (Wildman–Crippen MR) is 73.2 cm³/mol. The molecular weight excluding hydrogens is 232 g/mol. The zero-order chi connectivity index (χ0) is 12.3. The molecule has 1 aliphatic heterocycles. The van der Waals surface area contributed by atoms with Crippen LogP contribution in [0.25, 0.3) is 0 Å². The van der Waals surface area contributed by atoms with E-state index in [0.717, 1.165) is 22.5 Å². The Hall–Kier alpha value is -0.970. The van der Waals surface area contributed by atoms with E-state index in [-0.39, 0.29) is 0 Å². The molecule has 1 saturated heterocycles. The number of aryl methyl sites for hydroxylation is 1. The lowest BCUT2D eigenvalue weighted by molar-refractivity contribution is 0.502. The van der Waals surface area contributed by atoms with Crippen LogP contribution in [0, 0.1) is 5.92 Å². The van der Waals surface area contributed by atoms with Gasteiger partial charge in [0.2, 0.25) is 0 Å². The first-order chi connectivity index (χ1) is 8.15. The van der Waals surface area contributed by atoms with E-state index in [4.69, 9.17) is 0 Å². The van der Waals surface area contributed by atoms with Gasteiger partial charge in [0.15, 0.2) is 5.17 Å². The van der Waals surface area contributed by atoms with E-state index in [2.05, 4.69) is 29.3 Å². The smallest absolute Gasteiger partial charge is 0.157 e. The molecule has 0 aliphatic carbocycles. The molecule has 1 aromatic heterocycles. The molecule has 17 heavy (non-hydrogen) atoms. The van der Waals surface area contributed by atoms with E-state index >= 15 is 0 Å². The largest absolute Gasteiger partial charge is 0.361 e. The Bertz CT molecular complexity index is 397. The maximum absolute atomic E-state index is 4.59. The first-order valence-electron chi connectivity index (χ1n) is 6.06. The SMILES string of the molecule is CC(C)CC1CSC(=NCc2ccnn2C)N1. The lowest BCUT2D eigenvalue weighted by Crippen LogP contribution is -2.28. The average molecular weight is 252 g/mol. The van der Waals surface area contributed by atoms with Crippen LogP contribution in [0.1, 0.15) is 26.0 Å². The van der Waals surface area contributed by atoms with Crippen molar-refractivity contribution in [1.29, 1.82) is 0 Å². The van der Waals surface area contributed by atoms with Gasteiger partial charge in [0.1, 0.15) is 0 Å². The van der Waals surface area contributed by atoms with Crippen molar-refractivity contribution < 1.29 is 0 Å². The topological polar surface area (TPSA) is 42.2 Å². The predicted octanol–water partition coefficient (Wildman–Crippen LogP) is 2.03. The summed E-state index contributed by atoms with van der Waals surface area (Å²) in [6, 6.07) is 2.60. The van der Waals surface area contributed by atoms with Gasteiger partial charge in [0.05, 0.1) is 12.2 Å². The Labute approximate surface area is 107 Å². The van der Waals surface area contributed by atoms with Crippen LogP contribution >= 0.6 is 11.8 Å². The molecule has 5 heteroatoms. The summed E-state index contributed by atoms with van der Waals surface area (Å²) < 4.78 is 1.87. The fourth-order valence-corrected chi connectivity index (χ4v) is 2.92. The molecule has 1 aliphatic rings. The number of nitrogens with zero attached hydrogens (tertiary/aromatic N) is 3. The molecule has 1 fully saturated rings. The Kier molecular flexibility index (Phi) is 4.10. The highest BCUT2D eigenvalue weighted by Crippen LogP contribution is 2.19. The van der Waals surface area contributed by atoms with Crippen molar-refractivity contribution in [3.05, 3.63) is 18.0 Å². The summed E-state index contributed by atoms with van der Waals surface area (Å²) in [5.74, 6) is 1.88. The summed E-state index contributed by atoms with van der Waals surface area (Å²) in [6.45, 7) is 5.23. The number of aromatic nitrogens is 2. The molecular formula is C12H20N4S. The molecule has 2 rings (SSSR count). The lowest BCUT2D eigenvalue weighted by Gasteiger charge is -2.11. The second-order valence-electron chi connectivity index (χ2n) is 4.85. The van der Waals surface area contributed by atoms with Gasteiger partial charge < -0.3 is 5.32 Å². The van der Waals surface area contributed by atoms with Gasteiger partial charge in [-0.05, 0) is 18.4 Å². The molecule has 0 bridgehead atoms. The first kappa shape index (κ1) is 12.5. The monoisotopic (exact) mass is 252 g/mol. The van der Waals surface area contributed by atoms with Crippen molar-refractivity contribution >= 4 is 16.9 Å². The number of amidine groups is 1. The van der Waals surface area contributed by atoms with Crippen LogP contribution in [0.15, 0.2) is 17.3 Å². The van der Waals surface area contributed by atoms with E-state index in [9.17, 15) is 0 Å². The molecule has 2 heterocycles. The van der Waals surface area contributed by atoms with E-state index < -0.39 is 0 Å². The summed E-state index contributed by atoms with van der Waals surface area (Å²) in [7, 11) is 1.95. The number of aliphatic imine (C=N–C) groups is 1. The van der Waals surface area contributed by atoms with Crippen molar-refractivity contribution in [3.63, 3.8) is 0 Å². The number of thioether (sulfide) groups is 1. The average Bonchev–Trinajstić information content (AvgIpc) is 2.84. The molecule has 1 aromatic rings. The third kappa shape index (κ3) is 3.49. The summed E-state index contributed by atoms with van der Waals surface area (Å²) in [6.07, 6.45) is 3.03. The Morgan fingerprint density at radius 3 is 3.12 bits per heavy atom. The van der Waals surface area contributed by atoms with E-state index in [0.29, 0.717) is 12.6 Å². The van der Waals surface area contributed by atoms with Gasteiger partial charge in [-0.3, -0.25) is 9.67 Å². The first-order valence-corrected chi connectivity index (χ1v) is 7.04. The van der Waals surface area contributed by atoms with Crippen molar-refractivity contribution in [3.8, 4) is 0 Å². The van der Waals surface area contributed by atoms with Crippen LogP contribution in [0.5, 0.6) is 0 Å². The van der Waals surface area contributed by atoms with Gasteiger partial charge in [-0.1, -0.05) is 25.6 Å². The van der Waals surface area contributed by atoms with Crippen LogP contribution in [0.4, 0.5) is 0 Å². The molecule has 1 unspecified atom stereocenters. The molecule has 0 amide bonds. The maximum atomic E-state index is 4.59. The molecule has 0 saturated carbocycles. The van der Waals surface area contributed by atoms with Gasteiger partial charge >= 0.3 is 0 Å². The number of rotatable bonds is 4. The van der Waals surface area contributed by atoms with Gasteiger partial charge in [0, 0.05) is 25.0 Å². The minimum absolute atomic E-state index is 0.588. The quantitative estimate of drug-likeness (QED) is 0.891. The third-order valence-electron chi connectivity index (χ3n) is 2.81. The summed E-state index contributed by atoms with van der Waals surface area (Å²) in [5, 5.41) is 8.70. The molecule has 1 N–H and O–H groups in total. The Balaban J connectivity index is 1.86. The van der Waals surface area contributed by atoms with Crippen molar-refractivity contribution in [1.82, 2.24) is 15.1 Å². The number of hydrogen-bond acceptors (Lipinski definition) is 3. The Morgan fingerprint density at radius 1 is 1.65 bits per heavy atom. The van der Waals surface area contributed by atoms with E-state index in [1.54, 1.807) is 0 Å². The van der Waals surface area contributed by atoms with E-state index in [1.165, 1.54) is 6.42 Å². The fourth-order valence-electron chi connectivity index (χ4n) is 1.93. The second kappa shape index (κ2) is 5.58. The zero-order valence-corrected chi connectivity index (χ0v) is 11.5. The van der Waals surface area contributed by atoms with Crippen LogP contribution < -0.4 is 5.32 Å². The lowest BCUT2D eigenvalue weighted by atomic mass is 10.1. The van der Waals surface area contributed by atoms with Gasteiger partial charge in [-0.15, -0.1) is 0 Å². The molecule has 0 aromatic carbocycles. The van der Waals surface area contributed by atoms with Crippen molar-refractivity contribution in [2.45, 2.75) is 32.9 Å². The molecule has 0 radical (unpaired) electrons. The van der Waals surface area contributed by atoms with E-state index in [1.807, 2.05) is 35.8 Å². The highest BCUT2D eigenvalue weighted by molar-refractivity contribution is 8.14. The maximum Gasteiger partial charge on any atom is 0.157 e. The van der Waals surface area contributed by atoms with Crippen LogP contribution in [-0.2, 0) is 13.6 Å². The minimum Gasteiger partial charge on any atom is -0.361 e. The van der Waals surface area contributed by atoms with Gasteiger partial charge in [0.25, 0.3) is 0 Å². The molecule has 4 nitrogen and oxygen atoms in total. The van der Waals surface area contributed by atoms with Crippen LogP contribution in [0.2, 0.25) is 0 Å². The van der Waals surface area contributed by atoms with Gasteiger partial charge in [-0.2, -0.15) is 5.10 Å². The highest BCUT2D eigenvalue weighted by Gasteiger charge is 2.20. The van der Waals surface area contributed by atoms with Crippen LogP contribution in [0.3, 0.4) is 0 Å². The standard InChI is InChI=1S/C12H20N4S/c1-9(2)6-10-8-17-12(15-10)13-7-11-4-5-14-16(11)3/h4-5,9-10H,6-8H2,1-3H3,(H,13,15). The molecule has 0 spiro atoms. The minimum atomic E-state index is 0.588. The normalized spacial score (nSPS) is 22.4. The summed E-state index contributed by atoms with van der Waals surface area (Å²) in [4.78, 5) is 4.59. The summed E-state index contributed by atoms with van der Waals surface area (Å²) in [5.41, 5.74) is 1.15. The van der Waals surface area contributed by atoms with Gasteiger partial charge in [-0.25, -0.2) is 0 Å². The third-order valence-corrected chi connectivity index (χ3v) is 3.90. The van der Waals surface area contributed by atoms with Crippen molar-refractivity contribution in [2.75, 3.05) is 5.75 Å². The fraction of sp³-hybridized carbons (Fsp3) is 0.667. The van der Waals surface area contributed by atoms with Crippen LogP contribution in [-0.4, -0.2) is 26.7 Å². The molecule has 94 valence electrons. The van der Waals surface area contributed by atoms with Crippen molar-refractivity contribution in [2.24, 2.45) is 18.0 Å². The Morgan fingerprint density at radius 2 is 2.47 bits per heavy atom. The second-order valence-corrected chi connectivity index (χ2v) is 5.86. The highest BCUT2D eigenvalue weighted by atomic mass is 32.2. The molecule has 1 atom stereocenters. The zero-order valence-electron chi connectivity index (χ0n) is 10.7. The number of hydrogen-bond donors (Lipinski definition) is 1. The number of nitrogens with one attached hydrogen (secondary N) is 1.